The standard InChI is InChI=1S/C17H25FO/c1-3-4-5-6-7-8-9-14-19-15(2)16-10-12-17(18)13-11-16/h3,10-13,15H,1,4-9,14H2,2H3. The molecule has 0 aromatic heterocycles. The Morgan fingerprint density at radius 3 is 2.42 bits per heavy atom. The second-order valence-electron chi connectivity index (χ2n) is 4.91. The van der Waals surface area contributed by atoms with Crippen molar-refractivity contribution in [1.29, 1.82) is 0 Å². The molecule has 0 spiro atoms. The molecular weight excluding hydrogens is 239 g/mol. The van der Waals surface area contributed by atoms with Crippen molar-refractivity contribution in [3.63, 3.8) is 0 Å². The van der Waals surface area contributed by atoms with E-state index in [0.29, 0.717) is 0 Å². The highest BCUT2D eigenvalue weighted by Gasteiger charge is 2.05. The summed E-state index contributed by atoms with van der Waals surface area (Å²) in [6.45, 7) is 6.51. The smallest absolute Gasteiger partial charge is 0.123 e. The van der Waals surface area contributed by atoms with Crippen LogP contribution < -0.4 is 0 Å². The Bertz CT molecular complexity index is 345. The van der Waals surface area contributed by atoms with Gasteiger partial charge in [-0.2, -0.15) is 0 Å². The van der Waals surface area contributed by atoms with E-state index in [0.717, 1.165) is 25.0 Å². The molecule has 19 heavy (non-hydrogen) atoms. The van der Waals surface area contributed by atoms with E-state index in [2.05, 4.69) is 6.58 Å². The minimum atomic E-state index is -0.199. The first-order valence-corrected chi connectivity index (χ1v) is 7.22. The molecule has 0 radical (unpaired) electrons. The third-order valence-corrected chi connectivity index (χ3v) is 3.26. The van der Waals surface area contributed by atoms with Gasteiger partial charge in [0, 0.05) is 6.61 Å². The number of benzene rings is 1. The summed E-state index contributed by atoms with van der Waals surface area (Å²) in [6.07, 6.45) is 9.25. The van der Waals surface area contributed by atoms with Gasteiger partial charge in [0.1, 0.15) is 5.82 Å². The molecule has 0 saturated heterocycles. The topological polar surface area (TPSA) is 9.23 Å². The van der Waals surface area contributed by atoms with Gasteiger partial charge in [0.05, 0.1) is 6.10 Å². The van der Waals surface area contributed by atoms with E-state index >= 15 is 0 Å². The fourth-order valence-electron chi connectivity index (χ4n) is 2.01. The summed E-state index contributed by atoms with van der Waals surface area (Å²) in [6, 6.07) is 6.54. The van der Waals surface area contributed by atoms with Crippen LogP contribution in [0.25, 0.3) is 0 Å². The highest BCUT2D eigenvalue weighted by atomic mass is 19.1. The molecule has 0 aliphatic heterocycles. The lowest BCUT2D eigenvalue weighted by Crippen LogP contribution is -2.01. The number of allylic oxidation sites excluding steroid dienone is 1. The van der Waals surface area contributed by atoms with E-state index < -0.39 is 0 Å². The Morgan fingerprint density at radius 2 is 1.74 bits per heavy atom. The van der Waals surface area contributed by atoms with E-state index in [1.165, 1.54) is 37.8 Å². The minimum absolute atomic E-state index is 0.0429. The van der Waals surface area contributed by atoms with Gasteiger partial charge >= 0.3 is 0 Å². The molecule has 0 aliphatic rings. The molecule has 1 nitrogen and oxygen atoms in total. The predicted molar refractivity (Wildman–Crippen MR) is 78.7 cm³/mol. The average Bonchev–Trinajstić information content (AvgIpc) is 2.42. The van der Waals surface area contributed by atoms with Gasteiger partial charge < -0.3 is 4.74 Å². The quantitative estimate of drug-likeness (QED) is 0.404. The summed E-state index contributed by atoms with van der Waals surface area (Å²) in [5.74, 6) is -0.199. The largest absolute Gasteiger partial charge is 0.374 e. The van der Waals surface area contributed by atoms with E-state index in [9.17, 15) is 4.39 Å². The molecule has 0 fully saturated rings. The number of rotatable bonds is 10. The zero-order valence-corrected chi connectivity index (χ0v) is 11.9. The maximum absolute atomic E-state index is 12.8. The van der Waals surface area contributed by atoms with E-state index in [4.69, 9.17) is 4.74 Å². The zero-order chi connectivity index (χ0) is 13.9. The molecule has 1 atom stereocenters. The third-order valence-electron chi connectivity index (χ3n) is 3.26. The lowest BCUT2D eigenvalue weighted by atomic mass is 10.1. The van der Waals surface area contributed by atoms with Crippen molar-refractivity contribution in [1.82, 2.24) is 0 Å². The van der Waals surface area contributed by atoms with Crippen LogP contribution in [0.15, 0.2) is 36.9 Å². The average molecular weight is 264 g/mol. The first-order chi connectivity index (χ1) is 9.24. The van der Waals surface area contributed by atoms with Crippen LogP contribution in [0.2, 0.25) is 0 Å². The molecule has 0 amide bonds. The van der Waals surface area contributed by atoms with Gasteiger partial charge in [0.15, 0.2) is 0 Å². The number of ether oxygens (including phenoxy) is 1. The Labute approximate surface area is 116 Å². The first kappa shape index (κ1) is 15.9. The molecule has 0 aliphatic carbocycles. The number of halogens is 1. The monoisotopic (exact) mass is 264 g/mol. The lowest BCUT2D eigenvalue weighted by molar-refractivity contribution is 0.0627. The Hall–Kier alpha value is -1.15. The van der Waals surface area contributed by atoms with Crippen molar-refractivity contribution < 1.29 is 9.13 Å². The maximum Gasteiger partial charge on any atom is 0.123 e. The first-order valence-electron chi connectivity index (χ1n) is 7.22. The fourth-order valence-corrected chi connectivity index (χ4v) is 2.01. The molecule has 1 unspecified atom stereocenters. The van der Waals surface area contributed by atoms with Crippen molar-refractivity contribution in [3.05, 3.63) is 48.3 Å². The van der Waals surface area contributed by atoms with Gasteiger partial charge in [0.25, 0.3) is 0 Å². The van der Waals surface area contributed by atoms with Crippen molar-refractivity contribution in [2.75, 3.05) is 6.61 Å². The van der Waals surface area contributed by atoms with Crippen molar-refractivity contribution in [2.24, 2.45) is 0 Å². The lowest BCUT2D eigenvalue weighted by Gasteiger charge is -2.13. The molecule has 106 valence electrons. The maximum atomic E-state index is 12.8. The second kappa shape index (κ2) is 9.74. The van der Waals surface area contributed by atoms with Gasteiger partial charge in [-0.15, -0.1) is 6.58 Å². The highest BCUT2D eigenvalue weighted by Crippen LogP contribution is 2.17. The van der Waals surface area contributed by atoms with Crippen molar-refractivity contribution in [3.8, 4) is 0 Å². The van der Waals surface area contributed by atoms with Crippen LogP contribution in [-0.4, -0.2) is 6.61 Å². The molecule has 0 saturated carbocycles. The van der Waals surface area contributed by atoms with Gasteiger partial charge in [0.2, 0.25) is 0 Å². The summed E-state index contributed by atoms with van der Waals surface area (Å²) in [7, 11) is 0. The van der Waals surface area contributed by atoms with Gasteiger partial charge in [-0.3, -0.25) is 0 Å². The van der Waals surface area contributed by atoms with Crippen LogP contribution >= 0.6 is 0 Å². The molecule has 0 bridgehead atoms. The van der Waals surface area contributed by atoms with Gasteiger partial charge in [-0.25, -0.2) is 4.39 Å². The predicted octanol–water partition coefficient (Wildman–Crippen LogP) is 5.43. The molecular formula is C17H25FO. The van der Waals surface area contributed by atoms with E-state index in [1.807, 2.05) is 13.0 Å². The van der Waals surface area contributed by atoms with Crippen molar-refractivity contribution >= 4 is 0 Å². The normalized spacial score (nSPS) is 12.3. The Kier molecular flexibility index (Phi) is 8.15. The van der Waals surface area contributed by atoms with Crippen LogP contribution in [0, 0.1) is 5.82 Å². The van der Waals surface area contributed by atoms with Crippen molar-refractivity contribution in [2.45, 2.75) is 51.6 Å². The van der Waals surface area contributed by atoms with E-state index in [1.54, 1.807) is 12.1 Å². The minimum Gasteiger partial charge on any atom is -0.374 e. The molecule has 1 rings (SSSR count). The number of hydrogen-bond donors (Lipinski definition) is 0. The summed E-state index contributed by atoms with van der Waals surface area (Å²) < 4.78 is 18.5. The van der Waals surface area contributed by atoms with Crippen LogP contribution in [0.5, 0.6) is 0 Å². The van der Waals surface area contributed by atoms with Gasteiger partial charge in [-0.1, -0.05) is 37.5 Å². The molecule has 1 aromatic carbocycles. The van der Waals surface area contributed by atoms with Gasteiger partial charge in [-0.05, 0) is 43.9 Å². The third kappa shape index (κ3) is 7.12. The molecule has 0 N–H and O–H groups in total. The van der Waals surface area contributed by atoms with Crippen LogP contribution in [-0.2, 0) is 4.74 Å². The van der Waals surface area contributed by atoms with Crippen LogP contribution in [0.3, 0.4) is 0 Å². The summed E-state index contributed by atoms with van der Waals surface area (Å²) in [5, 5.41) is 0. The fraction of sp³-hybridized carbons (Fsp3) is 0.529. The van der Waals surface area contributed by atoms with Crippen LogP contribution in [0.1, 0.15) is 57.1 Å². The number of hydrogen-bond acceptors (Lipinski definition) is 1. The summed E-state index contributed by atoms with van der Waals surface area (Å²) >= 11 is 0. The zero-order valence-electron chi connectivity index (χ0n) is 11.9. The Morgan fingerprint density at radius 1 is 1.11 bits per heavy atom. The SMILES string of the molecule is C=CCCCCCCCOC(C)c1ccc(F)cc1. The van der Waals surface area contributed by atoms with E-state index in [-0.39, 0.29) is 11.9 Å². The Balaban J connectivity index is 2.05. The highest BCUT2D eigenvalue weighted by molar-refractivity contribution is 5.17. The van der Waals surface area contributed by atoms with Crippen LogP contribution in [0.4, 0.5) is 4.39 Å². The molecule has 1 aromatic rings. The summed E-state index contributed by atoms with van der Waals surface area (Å²) in [5.41, 5.74) is 1.03. The molecule has 2 heteroatoms. The number of unbranched alkanes of at least 4 members (excludes halogenated alkanes) is 5. The second-order valence-corrected chi connectivity index (χ2v) is 4.91. The summed E-state index contributed by atoms with van der Waals surface area (Å²) in [4.78, 5) is 0. The molecule has 0 heterocycles.